The summed E-state index contributed by atoms with van der Waals surface area (Å²) in [7, 11) is 0. The Bertz CT molecular complexity index is 1760. The van der Waals surface area contributed by atoms with Gasteiger partial charge in [-0.3, -0.25) is 4.79 Å². The first-order chi connectivity index (χ1) is 17.7. The second-order valence-electron chi connectivity index (χ2n) is 8.02. The van der Waals surface area contributed by atoms with Crippen molar-refractivity contribution in [2.45, 2.75) is 13.0 Å². The van der Waals surface area contributed by atoms with Crippen molar-refractivity contribution in [1.29, 1.82) is 0 Å². The monoisotopic (exact) mass is 643 g/mol. The van der Waals surface area contributed by atoms with E-state index in [9.17, 15) is 9.59 Å². The van der Waals surface area contributed by atoms with Crippen LogP contribution in [-0.4, -0.2) is 33.1 Å². The molecule has 0 aliphatic carbocycles. The molecular weight excluding hydrogens is 630 g/mol. The number of rotatable bonds is 6. The summed E-state index contributed by atoms with van der Waals surface area (Å²) in [6.45, 7) is 1.40. The van der Waals surface area contributed by atoms with Crippen molar-refractivity contribution in [3.8, 4) is 17.3 Å². The maximum Gasteiger partial charge on any atom is 0.344 e. The second-order valence-corrected chi connectivity index (χ2v) is 10.2. The average Bonchev–Trinajstić information content (AvgIpc) is 3.28. The minimum absolute atomic E-state index is 0.177. The van der Waals surface area contributed by atoms with Gasteiger partial charge in [0, 0.05) is 9.86 Å². The molecule has 0 radical (unpaired) electrons. The summed E-state index contributed by atoms with van der Waals surface area (Å²) in [5.41, 5.74) is 1.30. The topological polar surface area (TPSA) is 107 Å². The quantitative estimate of drug-likeness (QED) is 0.206. The lowest BCUT2D eigenvalue weighted by Crippen LogP contribution is -2.23. The van der Waals surface area contributed by atoms with E-state index in [0.717, 1.165) is 9.86 Å². The summed E-state index contributed by atoms with van der Waals surface area (Å²) >= 11 is 13.2. The Balaban J connectivity index is 1.62. The molecule has 0 unspecified atom stereocenters. The molecule has 2 aromatic heterocycles. The molecule has 8 nitrogen and oxygen atoms in total. The van der Waals surface area contributed by atoms with Crippen molar-refractivity contribution in [2.24, 2.45) is 5.10 Å². The van der Waals surface area contributed by atoms with Gasteiger partial charge in [-0.05, 0) is 76.9 Å². The summed E-state index contributed by atoms with van der Waals surface area (Å²) in [6.07, 6.45) is 0.351. The summed E-state index contributed by atoms with van der Waals surface area (Å²) in [4.78, 5) is 29.3. The third-order valence-corrected chi connectivity index (χ3v) is 6.80. The number of fused-ring (bicyclic) bond motifs is 2. The zero-order valence-electron chi connectivity index (χ0n) is 19.0. The van der Waals surface area contributed by atoms with Crippen molar-refractivity contribution >= 4 is 77.5 Å². The van der Waals surface area contributed by atoms with E-state index in [-0.39, 0.29) is 22.2 Å². The van der Waals surface area contributed by atoms with Crippen molar-refractivity contribution in [3.63, 3.8) is 0 Å². The molecule has 0 fully saturated rings. The molecule has 0 bridgehead atoms. The molecule has 1 N–H and O–H groups in total. The Hall–Kier alpha value is -3.47. The first-order valence-corrected chi connectivity index (χ1v) is 12.8. The van der Waals surface area contributed by atoms with E-state index in [1.54, 1.807) is 42.5 Å². The van der Waals surface area contributed by atoms with E-state index < -0.39 is 12.1 Å². The molecule has 0 aliphatic heterocycles. The van der Waals surface area contributed by atoms with Gasteiger partial charge in [-0.1, -0.05) is 39.7 Å². The lowest BCUT2D eigenvalue weighted by molar-refractivity contribution is -0.144. The van der Waals surface area contributed by atoms with Crippen molar-refractivity contribution < 1.29 is 19.1 Å². The number of ether oxygens (including phenoxy) is 1. The number of para-hydroxylation sites is 1. The van der Waals surface area contributed by atoms with Crippen molar-refractivity contribution in [1.82, 2.24) is 9.66 Å². The van der Waals surface area contributed by atoms with Crippen LogP contribution in [0.2, 0.25) is 5.02 Å². The lowest BCUT2D eigenvalue weighted by Gasteiger charge is -2.14. The molecule has 5 aromatic rings. The molecule has 37 heavy (non-hydrogen) atoms. The molecule has 3 aromatic carbocycles. The number of carboxylic acids is 1. The number of hydrogen-bond donors (Lipinski definition) is 1. The Labute approximate surface area is 231 Å². The van der Waals surface area contributed by atoms with Crippen LogP contribution < -0.4 is 10.3 Å². The molecule has 11 heteroatoms. The third-order valence-electron chi connectivity index (χ3n) is 5.44. The molecule has 186 valence electrons. The maximum absolute atomic E-state index is 13.4. The molecule has 0 aliphatic rings. The highest BCUT2D eigenvalue weighted by molar-refractivity contribution is 9.10. The van der Waals surface area contributed by atoms with Crippen LogP contribution in [0.4, 0.5) is 0 Å². The van der Waals surface area contributed by atoms with E-state index in [1.807, 2.05) is 18.2 Å². The second kappa shape index (κ2) is 10.1. The Morgan fingerprint density at radius 3 is 2.73 bits per heavy atom. The molecule has 0 saturated carbocycles. The molecule has 5 rings (SSSR count). The number of aliphatic carboxylic acids is 1. The number of carboxylic acid groups (broad SMARTS) is 1. The van der Waals surface area contributed by atoms with Gasteiger partial charge >= 0.3 is 5.97 Å². The van der Waals surface area contributed by atoms with E-state index in [1.165, 1.54) is 17.8 Å². The number of furan rings is 1. The van der Waals surface area contributed by atoms with Crippen LogP contribution in [0.25, 0.3) is 33.5 Å². The largest absolute Gasteiger partial charge is 0.479 e. The predicted molar refractivity (Wildman–Crippen MR) is 149 cm³/mol. The molecule has 0 amide bonds. The van der Waals surface area contributed by atoms with Gasteiger partial charge in [-0.15, -0.1) is 0 Å². The number of halogens is 3. The predicted octanol–water partition coefficient (Wildman–Crippen LogP) is 6.72. The number of carbonyl (C=O) groups is 1. The number of benzene rings is 3. The number of nitrogens with zero attached hydrogens (tertiary/aromatic N) is 3. The zero-order chi connectivity index (χ0) is 26.3. The van der Waals surface area contributed by atoms with Gasteiger partial charge in [0.15, 0.2) is 17.6 Å². The average molecular weight is 646 g/mol. The third kappa shape index (κ3) is 5.04. The number of aromatic nitrogens is 2. The maximum atomic E-state index is 13.4. The zero-order valence-corrected chi connectivity index (χ0v) is 22.9. The Morgan fingerprint density at radius 2 is 1.97 bits per heavy atom. The van der Waals surface area contributed by atoms with Crippen molar-refractivity contribution in [3.05, 3.63) is 90.5 Å². The number of hydrogen-bond acceptors (Lipinski definition) is 6. The van der Waals surface area contributed by atoms with E-state index in [0.29, 0.717) is 32.3 Å². The van der Waals surface area contributed by atoms with Crippen molar-refractivity contribution in [2.75, 3.05) is 0 Å². The fraction of sp³-hybridized carbons (Fsp3) is 0.0769. The first-order valence-electron chi connectivity index (χ1n) is 10.9. The van der Waals surface area contributed by atoms with E-state index >= 15 is 0 Å². The van der Waals surface area contributed by atoms with Gasteiger partial charge in [-0.25, -0.2) is 9.78 Å². The van der Waals surface area contributed by atoms with Crippen LogP contribution in [-0.2, 0) is 4.79 Å². The highest BCUT2D eigenvalue weighted by Crippen LogP contribution is 2.35. The Kier molecular flexibility index (Phi) is 6.89. The fourth-order valence-electron chi connectivity index (χ4n) is 3.63. The van der Waals surface area contributed by atoms with Gasteiger partial charge in [0.2, 0.25) is 5.82 Å². The summed E-state index contributed by atoms with van der Waals surface area (Å²) in [6, 6.07) is 17.6. The van der Waals surface area contributed by atoms with Gasteiger partial charge in [0.05, 0.1) is 26.6 Å². The minimum atomic E-state index is -1.12. The minimum Gasteiger partial charge on any atom is -0.479 e. The summed E-state index contributed by atoms with van der Waals surface area (Å²) < 4.78 is 13.9. The van der Waals surface area contributed by atoms with Crippen LogP contribution in [0.5, 0.6) is 5.75 Å². The summed E-state index contributed by atoms with van der Waals surface area (Å²) in [5, 5.41) is 15.0. The first kappa shape index (κ1) is 25.2. The normalized spacial score (nSPS) is 12.4. The van der Waals surface area contributed by atoms with E-state index in [2.05, 4.69) is 41.9 Å². The van der Waals surface area contributed by atoms with Gasteiger partial charge < -0.3 is 14.3 Å². The SMILES string of the molecule is C[C@H](Oc1c(Cl)cc(C=Nn2c(-c3cc4cc(Br)ccc4o3)nc3ccccc3c2=O)cc1Br)C(=O)O. The molecular formula is C26H16Br2ClN3O5. The Morgan fingerprint density at radius 1 is 1.19 bits per heavy atom. The fourth-order valence-corrected chi connectivity index (χ4v) is 4.97. The van der Waals surface area contributed by atoms with Crippen LogP contribution in [0, 0.1) is 0 Å². The molecule has 0 spiro atoms. The van der Waals surface area contributed by atoms with Crippen LogP contribution in [0.3, 0.4) is 0 Å². The van der Waals surface area contributed by atoms with Gasteiger partial charge in [-0.2, -0.15) is 9.78 Å². The summed E-state index contributed by atoms with van der Waals surface area (Å²) in [5.74, 6) is -0.332. The van der Waals surface area contributed by atoms with Crippen LogP contribution >= 0.6 is 43.5 Å². The van der Waals surface area contributed by atoms with Gasteiger partial charge in [0.25, 0.3) is 5.56 Å². The molecule has 1 atom stereocenters. The highest BCUT2D eigenvalue weighted by Gasteiger charge is 2.19. The van der Waals surface area contributed by atoms with Crippen LogP contribution in [0.1, 0.15) is 12.5 Å². The highest BCUT2D eigenvalue weighted by atomic mass is 79.9. The van der Waals surface area contributed by atoms with E-state index in [4.69, 9.17) is 25.9 Å². The smallest absolute Gasteiger partial charge is 0.344 e. The van der Waals surface area contributed by atoms with Crippen LogP contribution in [0.15, 0.2) is 83.9 Å². The van der Waals surface area contributed by atoms with Gasteiger partial charge in [0.1, 0.15) is 5.58 Å². The lowest BCUT2D eigenvalue weighted by atomic mass is 10.2. The standard InChI is InChI=1S/C26H16Br2ClN3O5/c1-13(26(34)35)36-23-18(28)8-14(9-19(23)29)12-30-32-24(31-20-5-3-2-4-17(20)25(32)33)22-11-15-10-16(27)6-7-21(15)37-22/h2-13H,1H3,(H,34,35)/t13-/m0/s1. The molecule has 0 saturated heterocycles. The molecule has 2 heterocycles.